The second-order valence-corrected chi connectivity index (χ2v) is 5.06. The summed E-state index contributed by atoms with van der Waals surface area (Å²) in [6, 6.07) is 11.3. The van der Waals surface area contributed by atoms with Crippen molar-refractivity contribution in [3.05, 3.63) is 59.2 Å². The van der Waals surface area contributed by atoms with Crippen molar-refractivity contribution in [1.82, 2.24) is 0 Å². The molecule has 1 aliphatic heterocycles. The van der Waals surface area contributed by atoms with E-state index in [1.165, 1.54) is 11.6 Å². The van der Waals surface area contributed by atoms with Crippen LogP contribution in [0.3, 0.4) is 0 Å². The van der Waals surface area contributed by atoms with E-state index < -0.39 is 11.7 Å². The topological polar surface area (TPSA) is 24.1 Å². The number of benzene rings is 2. The van der Waals surface area contributed by atoms with Crippen molar-refractivity contribution in [2.24, 2.45) is 0 Å². The van der Waals surface area contributed by atoms with Crippen LogP contribution in [-0.2, 0) is 19.1 Å². The zero-order valence-corrected chi connectivity index (χ0v) is 11.3. The highest BCUT2D eigenvalue weighted by Gasteiger charge is 2.30. The van der Waals surface area contributed by atoms with Crippen LogP contribution in [0.15, 0.2) is 42.5 Å². The summed E-state index contributed by atoms with van der Waals surface area (Å²) < 4.78 is 38.0. The van der Waals surface area contributed by atoms with Gasteiger partial charge in [-0.3, -0.25) is 0 Å². The maximum atomic E-state index is 12.7. The first kappa shape index (κ1) is 13.8. The van der Waals surface area contributed by atoms with Gasteiger partial charge in [-0.2, -0.15) is 13.2 Å². The lowest BCUT2D eigenvalue weighted by Crippen LogP contribution is -2.07. The van der Waals surface area contributed by atoms with Gasteiger partial charge in [-0.1, -0.05) is 24.3 Å². The molecule has 2 nitrogen and oxygen atoms in total. The van der Waals surface area contributed by atoms with E-state index in [1.807, 2.05) is 12.1 Å². The molecule has 1 heterocycles. The molecular formula is C16H15F3N2. The Morgan fingerprint density at radius 2 is 1.90 bits per heavy atom. The molecule has 0 atom stereocenters. The average molecular weight is 292 g/mol. The van der Waals surface area contributed by atoms with Gasteiger partial charge in [0.1, 0.15) is 0 Å². The SMILES string of the molecule is FC(F)(F)c1cccc(NCc2cccc3c2NCC3)c1. The van der Waals surface area contributed by atoms with Crippen molar-refractivity contribution < 1.29 is 13.2 Å². The zero-order chi connectivity index (χ0) is 14.9. The monoisotopic (exact) mass is 292 g/mol. The highest BCUT2D eigenvalue weighted by Crippen LogP contribution is 2.31. The quantitative estimate of drug-likeness (QED) is 0.882. The Morgan fingerprint density at radius 3 is 2.71 bits per heavy atom. The molecule has 2 aromatic rings. The van der Waals surface area contributed by atoms with Crippen LogP contribution < -0.4 is 10.6 Å². The van der Waals surface area contributed by atoms with E-state index in [0.717, 1.165) is 36.3 Å². The van der Waals surface area contributed by atoms with Gasteiger partial charge in [-0.05, 0) is 35.7 Å². The number of alkyl halides is 3. The van der Waals surface area contributed by atoms with Crippen LogP contribution in [0.5, 0.6) is 0 Å². The molecule has 2 N–H and O–H groups in total. The summed E-state index contributed by atoms with van der Waals surface area (Å²) >= 11 is 0. The molecule has 110 valence electrons. The molecule has 21 heavy (non-hydrogen) atoms. The summed E-state index contributed by atoms with van der Waals surface area (Å²) in [5.74, 6) is 0. The summed E-state index contributed by atoms with van der Waals surface area (Å²) in [4.78, 5) is 0. The molecule has 1 aliphatic rings. The molecule has 0 aliphatic carbocycles. The lowest BCUT2D eigenvalue weighted by atomic mass is 10.1. The maximum Gasteiger partial charge on any atom is 0.416 e. The number of rotatable bonds is 3. The van der Waals surface area contributed by atoms with Crippen LogP contribution in [0.4, 0.5) is 24.5 Å². The highest BCUT2D eigenvalue weighted by atomic mass is 19.4. The summed E-state index contributed by atoms with van der Waals surface area (Å²) in [6.07, 6.45) is -3.32. The zero-order valence-electron chi connectivity index (χ0n) is 11.3. The molecule has 0 radical (unpaired) electrons. The smallest absolute Gasteiger partial charge is 0.384 e. The Balaban J connectivity index is 1.76. The largest absolute Gasteiger partial charge is 0.416 e. The molecule has 0 unspecified atom stereocenters. The van der Waals surface area contributed by atoms with E-state index in [4.69, 9.17) is 0 Å². The molecular weight excluding hydrogens is 277 g/mol. The van der Waals surface area contributed by atoms with Crippen molar-refractivity contribution in [3.8, 4) is 0 Å². The van der Waals surface area contributed by atoms with Gasteiger partial charge in [-0.15, -0.1) is 0 Å². The number of hydrogen-bond acceptors (Lipinski definition) is 2. The molecule has 0 amide bonds. The Bertz CT molecular complexity index is 650. The standard InChI is InChI=1S/C16H15F3N2/c17-16(18,19)13-5-2-6-14(9-13)21-10-12-4-1-3-11-7-8-20-15(11)12/h1-6,9,20-21H,7-8,10H2. The van der Waals surface area contributed by atoms with Crippen LogP contribution in [0.1, 0.15) is 16.7 Å². The number of para-hydroxylation sites is 1. The van der Waals surface area contributed by atoms with Gasteiger partial charge in [0.2, 0.25) is 0 Å². The minimum absolute atomic E-state index is 0.473. The summed E-state index contributed by atoms with van der Waals surface area (Å²) in [7, 11) is 0. The summed E-state index contributed by atoms with van der Waals surface area (Å²) in [5.41, 5.74) is 3.28. The van der Waals surface area contributed by atoms with Crippen LogP contribution in [0.2, 0.25) is 0 Å². The Kier molecular flexibility index (Phi) is 3.49. The fraction of sp³-hybridized carbons (Fsp3) is 0.250. The first-order valence-corrected chi connectivity index (χ1v) is 6.80. The Morgan fingerprint density at radius 1 is 1.10 bits per heavy atom. The number of fused-ring (bicyclic) bond motifs is 1. The molecule has 3 rings (SSSR count). The number of hydrogen-bond donors (Lipinski definition) is 2. The van der Waals surface area contributed by atoms with E-state index in [1.54, 1.807) is 6.07 Å². The van der Waals surface area contributed by atoms with E-state index in [9.17, 15) is 13.2 Å². The van der Waals surface area contributed by atoms with Crippen LogP contribution >= 0.6 is 0 Å². The second-order valence-electron chi connectivity index (χ2n) is 5.06. The van der Waals surface area contributed by atoms with Gasteiger partial charge in [0, 0.05) is 24.5 Å². The Labute approximate surface area is 121 Å². The third-order valence-electron chi connectivity index (χ3n) is 3.61. The van der Waals surface area contributed by atoms with Crippen LogP contribution in [0.25, 0.3) is 0 Å². The third kappa shape index (κ3) is 2.96. The fourth-order valence-electron chi connectivity index (χ4n) is 2.56. The van der Waals surface area contributed by atoms with Crippen molar-refractivity contribution in [1.29, 1.82) is 0 Å². The molecule has 0 bridgehead atoms. The number of halogens is 3. The van der Waals surface area contributed by atoms with Crippen LogP contribution in [-0.4, -0.2) is 6.54 Å². The average Bonchev–Trinajstić information content (AvgIpc) is 2.93. The van der Waals surface area contributed by atoms with Crippen molar-refractivity contribution in [3.63, 3.8) is 0 Å². The van der Waals surface area contributed by atoms with E-state index in [0.29, 0.717) is 12.2 Å². The van der Waals surface area contributed by atoms with Crippen LogP contribution in [0, 0.1) is 0 Å². The van der Waals surface area contributed by atoms with Gasteiger partial charge in [-0.25, -0.2) is 0 Å². The summed E-state index contributed by atoms with van der Waals surface area (Å²) in [5, 5.41) is 6.38. The first-order valence-electron chi connectivity index (χ1n) is 6.80. The highest BCUT2D eigenvalue weighted by molar-refractivity contribution is 5.62. The molecule has 5 heteroatoms. The van der Waals surface area contributed by atoms with Crippen molar-refractivity contribution in [2.45, 2.75) is 19.1 Å². The molecule has 0 saturated heterocycles. The van der Waals surface area contributed by atoms with Gasteiger partial charge < -0.3 is 10.6 Å². The van der Waals surface area contributed by atoms with Crippen molar-refractivity contribution in [2.75, 3.05) is 17.2 Å². The number of anilines is 2. The van der Waals surface area contributed by atoms with Gasteiger partial charge in [0.15, 0.2) is 0 Å². The lowest BCUT2D eigenvalue weighted by molar-refractivity contribution is -0.137. The van der Waals surface area contributed by atoms with E-state index in [2.05, 4.69) is 16.7 Å². The third-order valence-corrected chi connectivity index (χ3v) is 3.61. The minimum Gasteiger partial charge on any atom is -0.384 e. The van der Waals surface area contributed by atoms with Gasteiger partial charge in [0.05, 0.1) is 5.56 Å². The minimum atomic E-state index is -4.31. The molecule has 0 aromatic heterocycles. The Hall–Kier alpha value is -2.17. The maximum absolute atomic E-state index is 12.7. The normalized spacial score (nSPS) is 13.7. The molecule has 2 aromatic carbocycles. The predicted molar refractivity (Wildman–Crippen MR) is 77.4 cm³/mol. The van der Waals surface area contributed by atoms with Gasteiger partial charge in [0.25, 0.3) is 0 Å². The number of nitrogens with one attached hydrogen (secondary N) is 2. The second kappa shape index (κ2) is 5.31. The lowest BCUT2D eigenvalue weighted by Gasteiger charge is -2.13. The van der Waals surface area contributed by atoms with Gasteiger partial charge >= 0.3 is 6.18 Å². The fourth-order valence-corrected chi connectivity index (χ4v) is 2.56. The first-order chi connectivity index (χ1) is 10.0. The van der Waals surface area contributed by atoms with E-state index >= 15 is 0 Å². The molecule has 0 saturated carbocycles. The van der Waals surface area contributed by atoms with Crippen molar-refractivity contribution >= 4 is 11.4 Å². The predicted octanol–water partition coefficient (Wildman–Crippen LogP) is 4.29. The molecule has 0 spiro atoms. The molecule has 0 fully saturated rings. The van der Waals surface area contributed by atoms with E-state index in [-0.39, 0.29) is 0 Å². The summed E-state index contributed by atoms with van der Waals surface area (Å²) in [6.45, 7) is 1.41.